The number of ether oxygens (including phenoxy) is 4. The molecule has 0 N–H and O–H groups in total. The fourth-order valence-electron chi connectivity index (χ4n) is 2.31. The number of rotatable bonds is 10. The van der Waals surface area contributed by atoms with Crippen molar-refractivity contribution in [2.45, 2.75) is 51.7 Å². The summed E-state index contributed by atoms with van der Waals surface area (Å²) in [6.45, 7) is 11.6. The Morgan fingerprint density at radius 1 is 0.750 bits per heavy atom. The van der Waals surface area contributed by atoms with E-state index >= 15 is 0 Å². The first kappa shape index (κ1) is 20.4. The third-order valence-corrected chi connectivity index (χ3v) is 3.66. The van der Waals surface area contributed by atoms with Gasteiger partial charge in [0.2, 0.25) is 0 Å². The molecule has 24 heavy (non-hydrogen) atoms. The van der Waals surface area contributed by atoms with E-state index in [1.165, 1.54) is 0 Å². The van der Waals surface area contributed by atoms with Crippen LogP contribution in [0.1, 0.15) is 39.5 Å². The zero-order chi connectivity index (χ0) is 17.9. The van der Waals surface area contributed by atoms with Gasteiger partial charge in [0.1, 0.15) is 13.2 Å². The minimum atomic E-state index is -0.386. The molecule has 0 bridgehead atoms. The maximum Gasteiger partial charge on any atom is 0.333 e. The van der Waals surface area contributed by atoms with Crippen molar-refractivity contribution in [2.24, 2.45) is 0 Å². The lowest BCUT2D eigenvalue weighted by atomic mass is 9.95. The molecule has 0 aliphatic heterocycles. The van der Waals surface area contributed by atoms with Crippen LogP contribution in [-0.2, 0) is 28.5 Å². The number of carbonyl (C=O) groups is 2. The van der Waals surface area contributed by atoms with Crippen molar-refractivity contribution in [2.75, 3.05) is 26.4 Å². The summed E-state index contributed by atoms with van der Waals surface area (Å²) in [5.41, 5.74) is 0.781. The molecule has 136 valence electrons. The molecule has 0 spiro atoms. The Morgan fingerprint density at radius 3 is 1.38 bits per heavy atom. The van der Waals surface area contributed by atoms with E-state index < -0.39 is 0 Å². The second-order valence-electron chi connectivity index (χ2n) is 5.97. The highest BCUT2D eigenvalue weighted by Crippen LogP contribution is 2.23. The van der Waals surface area contributed by atoms with Crippen molar-refractivity contribution >= 4 is 11.9 Å². The smallest absolute Gasteiger partial charge is 0.333 e. The second-order valence-corrected chi connectivity index (χ2v) is 5.97. The van der Waals surface area contributed by atoms with Crippen LogP contribution in [0.25, 0.3) is 0 Å². The van der Waals surface area contributed by atoms with Crippen LogP contribution in [0.15, 0.2) is 24.3 Å². The van der Waals surface area contributed by atoms with E-state index in [1.807, 2.05) is 0 Å². The van der Waals surface area contributed by atoms with Gasteiger partial charge in [0, 0.05) is 11.1 Å². The molecule has 0 amide bonds. The Labute approximate surface area is 143 Å². The first-order chi connectivity index (χ1) is 11.4. The molecule has 0 aromatic heterocycles. The third-order valence-electron chi connectivity index (χ3n) is 3.66. The van der Waals surface area contributed by atoms with E-state index in [4.69, 9.17) is 18.9 Å². The molecule has 0 aromatic carbocycles. The largest absolute Gasteiger partial charge is 0.460 e. The second kappa shape index (κ2) is 11.0. The molecule has 1 fully saturated rings. The van der Waals surface area contributed by atoms with Gasteiger partial charge in [0.15, 0.2) is 0 Å². The van der Waals surface area contributed by atoms with Gasteiger partial charge >= 0.3 is 11.9 Å². The molecule has 0 atom stereocenters. The lowest BCUT2D eigenvalue weighted by molar-refractivity contribution is -0.143. The van der Waals surface area contributed by atoms with Crippen LogP contribution in [-0.4, -0.2) is 50.6 Å². The summed E-state index contributed by atoms with van der Waals surface area (Å²) in [5, 5.41) is 0. The zero-order valence-corrected chi connectivity index (χ0v) is 14.7. The predicted octanol–water partition coefficient (Wildman–Crippen LogP) is 2.57. The average molecular weight is 340 g/mol. The lowest BCUT2D eigenvalue weighted by Crippen LogP contribution is -2.28. The molecular weight excluding hydrogens is 312 g/mol. The summed E-state index contributed by atoms with van der Waals surface area (Å²) in [4.78, 5) is 22.4. The molecule has 0 unspecified atom stereocenters. The molecule has 0 saturated heterocycles. The van der Waals surface area contributed by atoms with E-state index in [0.29, 0.717) is 24.4 Å². The Kier molecular flexibility index (Phi) is 9.34. The summed E-state index contributed by atoms with van der Waals surface area (Å²) in [7, 11) is 0. The minimum Gasteiger partial charge on any atom is -0.460 e. The molecule has 0 aromatic rings. The van der Waals surface area contributed by atoms with Crippen LogP contribution < -0.4 is 0 Å². The molecule has 1 aliphatic rings. The highest BCUT2D eigenvalue weighted by atomic mass is 16.6. The Bertz CT molecular complexity index is 406. The van der Waals surface area contributed by atoms with Crippen molar-refractivity contribution < 1.29 is 28.5 Å². The van der Waals surface area contributed by atoms with Gasteiger partial charge in [-0.3, -0.25) is 0 Å². The number of hydrogen-bond donors (Lipinski definition) is 0. The maximum atomic E-state index is 11.2. The average Bonchev–Trinajstić information content (AvgIpc) is 2.56. The van der Waals surface area contributed by atoms with Crippen molar-refractivity contribution in [3.05, 3.63) is 24.3 Å². The molecular formula is C18H28O6. The highest BCUT2D eigenvalue weighted by molar-refractivity contribution is 5.87. The molecule has 1 rings (SSSR count). The van der Waals surface area contributed by atoms with Gasteiger partial charge in [-0.25, -0.2) is 9.59 Å². The van der Waals surface area contributed by atoms with E-state index in [0.717, 1.165) is 25.7 Å². The maximum absolute atomic E-state index is 11.2. The highest BCUT2D eigenvalue weighted by Gasteiger charge is 2.22. The standard InChI is InChI=1S/C18H28O6/c1-13(2)17(19)23-11-9-21-15-5-7-16(8-6-15)22-10-12-24-18(20)14(3)4/h15-16H,1,3,5-12H2,2,4H3. The summed E-state index contributed by atoms with van der Waals surface area (Å²) < 4.78 is 21.4. The SMILES string of the molecule is C=C(C)C(=O)OCCOC1CCC(OCCOC(=O)C(=C)C)CC1. The number of carbonyl (C=O) groups excluding carboxylic acids is 2. The van der Waals surface area contributed by atoms with Gasteiger partial charge in [-0.2, -0.15) is 0 Å². The fraction of sp³-hybridized carbons (Fsp3) is 0.667. The van der Waals surface area contributed by atoms with Gasteiger partial charge in [0.05, 0.1) is 25.4 Å². The van der Waals surface area contributed by atoms with Crippen LogP contribution in [0.4, 0.5) is 0 Å². The van der Waals surface area contributed by atoms with Crippen LogP contribution in [0.3, 0.4) is 0 Å². The van der Waals surface area contributed by atoms with Crippen molar-refractivity contribution in [3.63, 3.8) is 0 Å². The molecule has 6 heteroatoms. The van der Waals surface area contributed by atoms with Crippen LogP contribution in [0, 0.1) is 0 Å². The Balaban J connectivity index is 2.03. The monoisotopic (exact) mass is 340 g/mol. The summed E-state index contributed by atoms with van der Waals surface area (Å²) in [6, 6.07) is 0. The minimum absolute atomic E-state index is 0.176. The van der Waals surface area contributed by atoms with E-state index in [1.54, 1.807) is 13.8 Å². The van der Waals surface area contributed by atoms with Gasteiger partial charge in [-0.1, -0.05) is 13.2 Å². The molecule has 0 radical (unpaired) electrons. The Hall–Kier alpha value is -1.66. The van der Waals surface area contributed by atoms with Crippen molar-refractivity contribution in [3.8, 4) is 0 Å². The summed E-state index contributed by atoms with van der Waals surface area (Å²) in [6.07, 6.45) is 3.98. The van der Waals surface area contributed by atoms with Crippen LogP contribution in [0.5, 0.6) is 0 Å². The van der Waals surface area contributed by atoms with E-state index in [-0.39, 0.29) is 37.4 Å². The first-order valence-corrected chi connectivity index (χ1v) is 8.28. The molecule has 1 aliphatic carbocycles. The van der Waals surface area contributed by atoms with Crippen molar-refractivity contribution in [1.29, 1.82) is 0 Å². The third kappa shape index (κ3) is 8.26. The molecule has 6 nitrogen and oxygen atoms in total. The quantitative estimate of drug-likeness (QED) is 0.346. The normalized spacial score (nSPS) is 20.2. The van der Waals surface area contributed by atoms with Gasteiger partial charge in [0.25, 0.3) is 0 Å². The predicted molar refractivity (Wildman–Crippen MR) is 89.5 cm³/mol. The molecule has 1 saturated carbocycles. The lowest BCUT2D eigenvalue weighted by Gasteiger charge is -2.28. The van der Waals surface area contributed by atoms with E-state index in [9.17, 15) is 9.59 Å². The topological polar surface area (TPSA) is 71.1 Å². The number of hydrogen-bond acceptors (Lipinski definition) is 6. The summed E-state index contributed by atoms with van der Waals surface area (Å²) >= 11 is 0. The van der Waals surface area contributed by atoms with Gasteiger partial charge in [-0.15, -0.1) is 0 Å². The van der Waals surface area contributed by atoms with Crippen LogP contribution >= 0.6 is 0 Å². The molecule has 0 heterocycles. The summed E-state index contributed by atoms with van der Waals surface area (Å²) in [5.74, 6) is -0.772. The van der Waals surface area contributed by atoms with Crippen LogP contribution in [0.2, 0.25) is 0 Å². The zero-order valence-electron chi connectivity index (χ0n) is 14.7. The van der Waals surface area contributed by atoms with E-state index in [2.05, 4.69) is 13.2 Å². The Morgan fingerprint density at radius 2 is 1.08 bits per heavy atom. The van der Waals surface area contributed by atoms with Gasteiger partial charge in [-0.05, 0) is 39.5 Å². The van der Waals surface area contributed by atoms with Gasteiger partial charge < -0.3 is 18.9 Å². The first-order valence-electron chi connectivity index (χ1n) is 8.28. The fourth-order valence-corrected chi connectivity index (χ4v) is 2.31. The number of esters is 2. The van der Waals surface area contributed by atoms with Crippen molar-refractivity contribution in [1.82, 2.24) is 0 Å².